The third kappa shape index (κ3) is 7.22. The number of phenolic OH excluding ortho intramolecular Hbond substituents is 1. The molecule has 1 aliphatic rings. The number of rotatable bonds is 9. The molecule has 232 valence electrons. The minimum atomic E-state index is -3.98. The van der Waals surface area contributed by atoms with Gasteiger partial charge < -0.3 is 14.9 Å². The van der Waals surface area contributed by atoms with E-state index in [1.807, 2.05) is 52.8 Å². The molecule has 10 heteroatoms. The molecule has 0 aromatic heterocycles. The van der Waals surface area contributed by atoms with Crippen LogP contribution in [0.4, 0.5) is 5.69 Å². The summed E-state index contributed by atoms with van der Waals surface area (Å²) in [5.41, 5.74) is 1.66. The minimum absolute atomic E-state index is 0.0224. The number of aliphatic hydroxyl groups is 1. The van der Waals surface area contributed by atoms with Crippen molar-refractivity contribution in [2.45, 2.75) is 81.6 Å². The second-order valence-electron chi connectivity index (χ2n) is 12.5. The number of aromatic hydroxyl groups is 1. The molecule has 4 rings (SSSR count). The van der Waals surface area contributed by atoms with Gasteiger partial charge in [0, 0.05) is 11.3 Å². The van der Waals surface area contributed by atoms with Gasteiger partial charge in [-0.15, -0.1) is 0 Å². The Morgan fingerprint density at radius 1 is 1.09 bits per heavy atom. The van der Waals surface area contributed by atoms with Crippen molar-refractivity contribution < 1.29 is 28.2 Å². The zero-order valence-corrected chi connectivity index (χ0v) is 27.4. The van der Waals surface area contributed by atoms with Crippen LogP contribution < -0.4 is 4.72 Å². The van der Waals surface area contributed by atoms with Crippen LogP contribution in [-0.4, -0.2) is 30.2 Å². The van der Waals surface area contributed by atoms with Crippen molar-refractivity contribution >= 4 is 33.4 Å². The first-order valence-electron chi connectivity index (χ1n) is 14.3. The largest absolute Gasteiger partial charge is 0.511 e. The SMILES string of the molecule is Cc1cc(SC2=C(O)CC(CCc3ccc(O)cc3)(C(C)C)OC2=O)c(C(C)(C)C)cc1NS(=O)(=O)c1cccc(C#N)c1. The number of hydrogen-bond donors (Lipinski definition) is 3. The van der Waals surface area contributed by atoms with Crippen LogP contribution in [0.15, 0.2) is 81.1 Å². The quantitative estimate of drug-likeness (QED) is 0.206. The Morgan fingerprint density at radius 2 is 1.77 bits per heavy atom. The number of thioether (sulfide) groups is 1. The van der Waals surface area contributed by atoms with E-state index in [1.54, 1.807) is 31.2 Å². The molecule has 1 aliphatic heterocycles. The summed E-state index contributed by atoms with van der Waals surface area (Å²) >= 11 is 1.12. The van der Waals surface area contributed by atoms with Crippen molar-refractivity contribution in [2.75, 3.05) is 4.72 Å². The van der Waals surface area contributed by atoms with Gasteiger partial charge in [-0.05, 0) is 90.3 Å². The average Bonchev–Trinajstić information content (AvgIpc) is 2.95. The van der Waals surface area contributed by atoms with Gasteiger partial charge in [0.05, 0.1) is 22.2 Å². The van der Waals surface area contributed by atoms with E-state index in [2.05, 4.69) is 4.72 Å². The summed E-state index contributed by atoms with van der Waals surface area (Å²) in [6.45, 7) is 11.6. The lowest BCUT2D eigenvalue weighted by molar-refractivity contribution is -0.164. The van der Waals surface area contributed by atoms with Crippen LogP contribution in [-0.2, 0) is 31.4 Å². The topological polar surface area (TPSA) is 137 Å². The molecule has 0 saturated heterocycles. The standard InChI is InChI=1S/C34H38N2O6S2/c1-21(2)34(15-14-23-10-12-25(37)13-11-23)19-29(38)31(32(39)42-34)43-30-16-22(3)28(18-27(30)33(4,5)6)36-44(40,41)26-9-7-8-24(17-26)20-35/h7-13,16-18,21,36-38H,14-15,19H2,1-6H3. The molecule has 0 fully saturated rings. The molecule has 3 aromatic carbocycles. The van der Waals surface area contributed by atoms with E-state index in [0.717, 1.165) is 22.9 Å². The number of anilines is 1. The van der Waals surface area contributed by atoms with Crippen molar-refractivity contribution in [2.24, 2.45) is 5.92 Å². The average molecular weight is 635 g/mol. The zero-order valence-electron chi connectivity index (χ0n) is 25.8. The van der Waals surface area contributed by atoms with Crippen LogP contribution in [0.3, 0.4) is 0 Å². The number of aryl methyl sites for hydroxylation is 2. The van der Waals surface area contributed by atoms with Gasteiger partial charge in [0.1, 0.15) is 22.0 Å². The fourth-order valence-electron chi connectivity index (χ4n) is 5.13. The van der Waals surface area contributed by atoms with E-state index in [-0.39, 0.29) is 39.2 Å². The van der Waals surface area contributed by atoms with Crippen LogP contribution in [0, 0.1) is 24.2 Å². The molecule has 0 aliphatic carbocycles. The summed E-state index contributed by atoms with van der Waals surface area (Å²) < 4.78 is 35.2. The zero-order chi connectivity index (χ0) is 32.4. The van der Waals surface area contributed by atoms with Gasteiger partial charge >= 0.3 is 5.97 Å². The third-order valence-corrected chi connectivity index (χ3v) is 10.4. The Bertz CT molecular complexity index is 1750. The summed E-state index contributed by atoms with van der Waals surface area (Å²) in [5, 5.41) is 30.1. The summed E-state index contributed by atoms with van der Waals surface area (Å²) in [7, 11) is -3.98. The number of carbonyl (C=O) groups excluding carboxylic acids is 1. The number of esters is 1. The number of phenols is 1. The maximum atomic E-state index is 13.5. The molecule has 0 amide bonds. The number of carbonyl (C=O) groups is 1. The monoisotopic (exact) mass is 634 g/mol. The fraction of sp³-hybridized carbons (Fsp3) is 0.353. The van der Waals surface area contributed by atoms with Crippen molar-refractivity contribution in [1.82, 2.24) is 0 Å². The number of nitrogens with one attached hydrogen (secondary N) is 1. The van der Waals surface area contributed by atoms with E-state index in [0.29, 0.717) is 29.0 Å². The Balaban J connectivity index is 1.64. The molecule has 3 N–H and O–H groups in total. The number of nitrogens with zero attached hydrogens (tertiary/aromatic N) is 1. The predicted molar refractivity (Wildman–Crippen MR) is 172 cm³/mol. The van der Waals surface area contributed by atoms with Gasteiger partial charge in [-0.1, -0.05) is 64.6 Å². The molecular formula is C34H38N2O6S2. The number of cyclic esters (lactones) is 1. The predicted octanol–water partition coefficient (Wildman–Crippen LogP) is 7.51. The third-order valence-electron chi connectivity index (χ3n) is 7.90. The summed E-state index contributed by atoms with van der Waals surface area (Å²) in [4.78, 5) is 14.3. The maximum absolute atomic E-state index is 13.5. The molecule has 0 bridgehead atoms. The van der Waals surface area contributed by atoms with Crippen molar-refractivity contribution in [3.8, 4) is 11.8 Å². The van der Waals surface area contributed by atoms with Gasteiger partial charge in [-0.3, -0.25) is 4.72 Å². The van der Waals surface area contributed by atoms with E-state index < -0.39 is 27.0 Å². The molecule has 3 aromatic rings. The lowest BCUT2D eigenvalue weighted by Crippen LogP contribution is -2.44. The van der Waals surface area contributed by atoms with Crippen LogP contribution in [0.25, 0.3) is 0 Å². The second-order valence-corrected chi connectivity index (χ2v) is 15.2. The number of hydrogen-bond acceptors (Lipinski definition) is 8. The van der Waals surface area contributed by atoms with Crippen LogP contribution in [0.1, 0.15) is 69.7 Å². The van der Waals surface area contributed by atoms with Crippen LogP contribution in [0.2, 0.25) is 0 Å². The van der Waals surface area contributed by atoms with Gasteiger partial charge in [0.2, 0.25) is 0 Å². The van der Waals surface area contributed by atoms with Crippen LogP contribution >= 0.6 is 11.8 Å². The van der Waals surface area contributed by atoms with E-state index in [9.17, 15) is 28.7 Å². The molecule has 0 radical (unpaired) electrons. The number of aliphatic hydroxyl groups excluding tert-OH is 1. The van der Waals surface area contributed by atoms with Gasteiger partial charge in [0.25, 0.3) is 10.0 Å². The smallest absolute Gasteiger partial charge is 0.349 e. The van der Waals surface area contributed by atoms with Gasteiger partial charge in [-0.25, -0.2) is 13.2 Å². The maximum Gasteiger partial charge on any atom is 0.349 e. The minimum Gasteiger partial charge on any atom is -0.511 e. The number of ether oxygens (including phenoxy) is 1. The Kier molecular flexibility index (Phi) is 9.43. The summed E-state index contributed by atoms with van der Waals surface area (Å²) in [6.07, 6.45) is 1.27. The van der Waals surface area contributed by atoms with Crippen molar-refractivity contribution in [3.63, 3.8) is 0 Å². The molecule has 0 saturated carbocycles. The Labute approximate surface area is 263 Å². The first kappa shape index (κ1) is 33.0. The molecule has 0 spiro atoms. The van der Waals surface area contributed by atoms with Gasteiger partial charge in [-0.2, -0.15) is 5.26 Å². The van der Waals surface area contributed by atoms with E-state index in [4.69, 9.17) is 4.74 Å². The molecule has 8 nitrogen and oxygen atoms in total. The van der Waals surface area contributed by atoms with Crippen LogP contribution in [0.5, 0.6) is 5.75 Å². The van der Waals surface area contributed by atoms with Gasteiger partial charge in [0.15, 0.2) is 0 Å². The molecule has 1 unspecified atom stereocenters. The fourth-order valence-corrected chi connectivity index (χ4v) is 7.54. The highest BCUT2D eigenvalue weighted by molar-refractivity contribution is 8.04. The van der Waals surface area contributed by atoms with Crippen molar-refractivity contribution in [1.29, 1.82) is 5.26 Å². The number of sulfonamides is 1. The number of nitriles is 1. The normalized spacial score (nSPS) is 17.4. The molecule has 1 atom stereocenters. The second kappa shape index (κ2) is 12.6. The molecule has 44 heavy (non-hydrogen) atoms. The Morgan fingerprint density at radius 3 is 2.36 bits per heavy atom. The Hall–Kier alpha value is -3.94. The highest BCUT2D eigenvalue weighted by Gasteiger charge is 2.44. The molecule has 1 heterocycles. The van der Waals surface area contributed by atoms with E-state index in [1.165, 1.54) is 24.3 Å². The molecular weight excluding hydrogens is 597 g/mol. The first-order chi connectivity index (χ1) is 20.5. The lowest BCUT2D eigenvalue weighted by Gasteiger charge is -2.40. The number of benzene rings is 3. The first-order valence-corrected chi connectivity index (χ1v) is 16.6. The highest BCUT2D eigenvalue weighted by Crippen LogP contribution is 2.46. The highest BCUT2D eigenvalue weighted by atomic mass is 32.2. The summed E-state index contributed by atoms with van der Waals surface area (Å²) in [6, 6.07) is 18.2. The summed E-state index contributed by atoms with van der Waals surface area (Å²) in [5.74, 6) is -0.520. The lowest BCUT2D eigenvalue weighted by atomic mass is 9.80. The van der Waals surface area contributed by atoms with E-state index >= 15 is 0 Å². The van der Waals surface area contributed by atoms with Crippen molar-refractivity contribution in [3.05, 3.63) is 93.6 Å².